The Morgan fingerprint density at radius 1 is 0.486 bits per heavy atom. The molecule has 7 heteroatoms. The van der Waals surface area contributed by atoms with Crippen LogP contribution in [0, 0.1) is 0 Å². The number of ether oxygens (including phenoxy) is 1. The summed E-state index contributed by atoms with van der Waals surface area (Å²) in [6, 6.07) is 0. The van der Waals surface area contributed by atoms with Crippen LogP contribution < -0.4 is 0 Å². The van der Waals surface area contributed by atoms with Crippen molar-refractivity contribution in [2.45, 2.75) is 148 Å². The summed E-state index contributed by atoms with van der Waals surface area (Å²) in [6.07, 6.45) is 23.8. The maximum Gasteiger partial charge on any atom is 0.303 e. The van der Waals surface area contributed by atoms with Gasteiger partial charge in [0.15, 0.2) is 0 Å². The van der Waals surface area contributed by atoms with Crippen molar-refractivity contribution in [2.75, 3.05) is 13.2 Å². The lowest BCUT2D eigenvalue weighted by Crippen LogP contribution is -1.97. The summed E-state index contributed by atoms with van der Waals surface area (Å²) >= 11 is 0. The molecule has 1 aliphatic rings. The monoisotopic (exact) mass is 502 g/mol. The Labute approximate surface area is 214 Å². The van der Waals surface area contributed by atoms with E-state index in [4.69, 9.17) is 20.1 Å². The van der Waals surface area contributed by atoms with Gasteiger partial charge in [-0.15, -0.1) is 0 Å². The highest BCUT2D eigenvalue weighted by Crippen LogP contribution is 2.13. The maximum atomic E-state index is 10.3. The predicted molar refractivity (Wildman–Crippen MR) is 141 cm³/mol. The summed E-state index contributed by atoms with van der Waals surface area (Å²) in [5.41, 5.74) is 0. The highest BCUT2D eigenvalue weighted by Gasteiger charge is 1.99. The van der Waals surface area contributed by atoms with Crippen LogP contribution in [0.1, 0.15) is 148 Å². The topological polar surface area (TPSA) is 121 Å². The number of hydrogen-bond donors (Lipinski definition) is 3. The van der Waals surface area contributed by atoms with E-state index < -0.39 is 17.9 Å². The number of aliphatic carboxylic acids is 3. The van der Waals surface area contributed by atoms with Gasteiger partial charge in [0.05, 0.1) is 0 Å². The average Bonchev–Trinajstić information content (AvgIpc) is 3.40. The van der Waals surface area contributed by atoms with Crippen molar-refractivity contribution in [3.8, 4) is 0 Å². The summed E-state index contributed by atoms with van der Waals surface area (Å²) in [7, 11) is 0. The van der Waals surface area contributed by atoms with Gasteiger partial charge in [0.1, 0.15) is 0 Å². The van der Waals surface area contributed by atoms with Crippen LogP contribution in [0.4, 0.5) is 0 Å². The van der Waals surface area contributed by atoms with Crippen LogP contribution in [0.2, 0.25) is 0 Å². The molecule has 0 radical (unpaired) electrons. The van der Waals surface area contributed by atoms with E-state index >= 15 is 0 Å². The SMILES string of the molecule is C1CCOC1.CCCCCCCCCCCCCCCCCC(=O)O.O=C(O)CCCCC(=O)O. The second-order valence-corrected chi connectivity index (χ2v) is 9.41. The van der Waals surface area contributed by atoms with E-state index in [0.29, 0.717) is 19.3 Å². The van der Waals surface area contributed by atoms with Crippen molar-refractivity contribution in [3.05, 3.63) is 0 Å². The molecule has 1 aliphatic heterocycles. The van der Waals surface area contributed by atoms with E-state index in [1.54, 1.807) is 0 Å². The van der Waals surface area contributed by atoms with E-state index in [1.807, 2.05) is 0 Å². The molecule has 35 heavy (non-hydrogen) atoms. The first-order valence-electron chi connectivity index (χ1n) is 14.1. The van der Waals surface area contributed by atoms with Gasteiger partial charge in [-0.3, -0.25) is 14.4 Å². The number of unbranched alkanes of at least 4 members (excludes halogenated alkanes) is 15. The number of carbonyl (C=O) groups is 3. The molecule has 1 rings (SSSR count). The third-order valence-corrected chi connectivity index (χ3v) is 5.85. The van der Waals surface area contributed by atoms with Gasteiger partial charge in [0, 0.05) is 32.5 Å². The first-order chi connectivity index (χ1) is 16.9. The highest BCUT2D eigenvalue weighted by molar-refractivity contribution is 5.68. The van der Waals surface area contributed by atoms with Gasteiger partial charge in [-0.25, -0.2) is 0 Å². The lowest BCUT2D eigenvalue weighted by atomic mass is 10.0. The fraction of sp³-hybridized carbons (Fsp3) is 0.893. The lowest BCUT2D eigenvalue weighted by Gasteiger charge is -2.03. The first kappa shape index (κ1) is 35.5. The van der Waals surface area contributed by atoms with Crippen molar-refractivity contribution in [2.24, 2.45) is 0 Å². The molecule has 1 heterocycles. The summed E-state index contributed by atoms with van der Waals surface area (Å²) in [5.74, 6) is -2.39. The smallest absolute Gasteiger partial charge is 0.303 e. The van der Waals surface area contributed by atoms with E-state index in [2.05, 4.69) is 6.92 Å². The first-order valence-corrected chi connectivity index (χ1v) is 14.1. The third-order valence-electron chi connectivity index (χ3n) is 5.85. The fourth-order valence-corrected chi connectivity index (χ4v) is 3.71. The summed E-state index contributed by atoms with van der Waals surface area (Å²) in [4.78, 5) is 30.1. The van der Waals surface area contributed by atoms with Crippen LogP contribution >= 0.6 is 0 Å². The van der Waals surface area contributed by atoms with Gasteiger partial charge in [0.2, 0.25) is 0 Å². The quantitative estimate of drug-likeness (QED) is 0.137. The summed E-state index contributed by atoms with van der Waals surface area (Å²) in [6.45, 7) is 4.27. The van der Waals surface area contributed by atoms with E-state index in [-0.39, 0.29) is 12.8 Å². The molecule has 0 saturated carbocycles. The largest absolute Gasteiger partial charge is 0.481 e. The molecule has 0 aliphatic carbocycles. The van der Waals surface area contributed by atoms with Gasteiger partial charge in [0.25, 0.3) is 0 Å². The number of carboxylic acids is 3. The van der Waals surface area contributed by atoms with E-state index in [0.717, 1.165) is 26.1 Å². The van der Waals surface area contributed by atoms with Gasteiger partial charge in [-0.1, -0.05) is 96.8 Å². The molecular weight excluding hydrogens is 448 g/mol. The summed E-state index contributed by atoms with van der Waals surface area (Å²) < 4.78 is 4.94. The fourth-order valence-electron chi connectivity index (χ4n) is 3.71. The summed E-state index contributed by atoms with van der Waals surface area (Å²) in [5, 5.41) is 24.8. The molecule has 0 amide bonds. The van der Waals surface area contributed by atoms with Crippen molar-refractivity contribution >= 4 is 17.9 Å². The van der Waals surface area contributed by atoms with Gasteiger partial charge < -0.3 is 20.1 Å². The maximum absolute atomic E-state index is 10.3. The van der Waals surface area contributed by atoms with Crippen molar-refractivity contribution in [1.29, 1.82) is 0 Å². The molecule has 1 saturated heterocycles. The van der Waals surface area contributed by atoms with Crippen molar-refractivity contribution in [1.82, 2.24) is 0 Å². The van der Waals surface area contributed by atoms with Crippen molar-refractivity contribution < 1.29 is 34.4 Å². The molecule has 0 bridgehead atoms. The van der Waals surface area contributed by atoms with E-state index in [9.17, 15) is 14.4 Å². The standard InChI is InChI=1S/C18H36O2.C6H10O4.C4H8O/c1-2-3-4-5-6-7-8-9-10-11-12-13-14-15-16-17-18(19)20;7-5(8)3-1-2-4-6(9)10;1-2-4-5-3-1/h2-17H2,1H3,(H,19,20);1-4H2,(H,7,8)(H,9,10);1-4H2. The van der Waals surface area contributed by atoms with Crippen LogP contribution in [0.25, 0.3) is 0 Å². The number of rotatable bonds is 21. The van der Waals surface area contributed by atoms with Crippen molar-refractivity contribution in [3.63, 3.8) is 0 Å². The molecule has 0 atom stereocenters. The predicted octanol–water partition coefficient (Wildman–Crippen LogP) is 7.85. The Kier molecular flexibility index (Phi) is 30.9. The molecule has 208 valence electrons. The van der Waals surface area contributed by atoms with Gasteiger partial charge in [-0.05, 0) is 32.1 Å². The van der Waals surface area contributed by atoms with Gasteiger partial charge >= 0.3 is 17.9 Å². The van der Waals surface area contributed by atoms with Gasteiger partial charge in [-0.2, -0.15) is 0 Å². The molecule has 0 aromatic carbocycles. The zero-order valence-electron chi connectivity index (χ0n) is 22.4. The average molecular weight is 503 g/mol. The molecular formula is C28H54O7. The Bertz CT molecular complexity index is 452. The molecule has 0 aromatic rings. The molecule has 3 N–H and O–H groups in total. The Morgan fingerprint density at radius 2 is 0.743 bits per heavy atom. The van der Waals surface area contributed by atoms with Crippen LogP contribution in [0.5, 0.6) is 0 Å². The Morgan fingerprint density at radius 3 is 0.971 bits per heavy atom. The molecule has 1 fully saturated rings. The number of carboxylic acid groups (broad SMARTS) is 3. The highest BCUT2D eigenvalue weighted by atomic mass is 16.5. The van der Waals surface area contributed by atoms with Crippen LogP contribution in [-0.2, 0) is 19.1 Å². The molecule has 0 aromatic heterocycles. The normalized spacial score (nSPS) is 12.3. The zero-order chi connectivity index (χ0) is 26.4. The molecule has 0 spiro atoms. The van der Waals surface area contributed by atoms with Crippen LogP contribution in [0.15, 0.2) is 0 Å². The second-order valence-electron chi connectivity index (χ2n) is 9.41. The minimum atomic E-state index is -0.870. The van der Waals surface area contributed by atoms with Crippen LogP contribution in [0.3, 0.4) is 0 Å². The zero-order valence-corrected chi connectivity index (χ0v) is 22.4. The third kappa shape index (κ3) is 39.9. The lowest BCUT2D eigenvalue weighted by molar-refractivity contribution is -0.139. The molecule has 7 nitrogen and oxygen atoms in total. The minimum absolute atomic E-state index is 0.0628. The second kappa shape index (κ2) is 30.4. The molecule has 0 unspecified atom stereocenters. The van der Waals surface area contributed by atoms with Crippen LogP contribution in [-0.4, -0.2) is 46.4 Å². The minimum Gasteiger partial charge on any atom is -0.481 e. The van der Waals surface area contributed by atoms with E-state index in [1.165, 1.54) is 96.3 Å². The Hall–Kier alpha value is -1.63. The number of hydrogen-bond acceptors (Lipinski definition) is 4. The Balaban J connectivity index is 0.